The van der Waals surface area contributed by atoms with Gasteiger partial charge in [-0.25, -0.2) is 4.79 Å². The van der Waals surface area contributed by atoms with E-state index in [4.69, 9.17) is 6.42 Å². The Morgan fingerprint density at radius 3 is 2.52 bits per heavy atom. The predicted octanol–water partition coefficient (Wildman–Crippen LogP) is 2.98. The highest BCUT2D eigenvalue weighted by Crippen LogP contribution is 2.36. The number of amides is 4. The maximum absolute atomic E-state index is 14.1. The number of piperazine rings is 1. The first-order valence-corrected chi connectivity index (χ1v) is 13.8. The number of carbonyl (C=O) groups is 3. The molecule has 0 unspecified atom stereocenters. The van der Waals surface area contributed by atoms with Crippen LogP contribution >= 0.6 is 0 Å². The van der Waals surface area contributed by atoms with Crippen LogP contribution in [0.15, 0.2) is 85.1 Å². The van der Waals surface area contributed by atoms with Crippen molar-refractivity contribution in [2.75, 3.05) is 20.1 Å². The van der Waals surface area contributed by atoms with Crippen molar-refractivity contribution in [3.63, 3.8) is 0 Å². The van der Waals surface area contributed by atoms with Crippen LogP contribution in [0.3, 0.4) is 0 Å². The first kappa shape index (κ1) is 27.1. The summed E-state index contributed by atoms with van der Waals surface area (Å²) in [6, 6.07) is 23.6. The zero-order chi connectivity index (χ0) is 29.2. The van der Waals surface area contributed by atoms with Gasteiger partial charge in [-0.1, -0.05) is 84.8 Å². The molecule has 0 saturated carbocycles. The van der Waals surface area contributed by atoms with Gasteiger partial charge in [0.1, 0.15) is 18.8 Å². The molecule has 0 aliphatic carbocycles. The minimum Gasteiger partial charge on any atom is -0.333 e. The molecule has 4 aromatic rings. The van der Waals surface area contributed by atoms with E-state index in [-0.39, 0.29) is 30.9 Å². The SMILES string of the molecule is C#CCn1ncc2cccc(CN3C[C@H]4N(C(=O)CN4N(C)C(=O)NCc4ccccc4)[C@@H](c4ccccc4)C3=O)c21. The van der Waals surface area contributed by atoms with Crippen LogP contribution in [0.25, 0.3) is 10.9 Å². The molecule has 10 heteroatoms. The number of rotatable bonds is 7. The number of para-hydroxylation sites is 1. The Hall–Kier alpha value is -5.14. The highest BCUT2D eigenvalue weighted by molar-refractivity contribution is 5.92. The second kappa shape index (κ2) is 11.4. The van der Waals surface area contributed by atoms with E-state index in [1.165, 1.54) is 5.01 Å². The van der Waals surface area contributed by atoms with Crippen molar-refractivity contribution in [3.8, 4) is 12.3 Å². The van der Waals surface area contributed by atoms with Crippen molar-refractivity contribution in [1.82, 2.24) is 34.9 Å². The van der Waals surface area contributed by atoms with Gasteiger partial charge in [0.25, 0.3) is 5.91 Å². The highest BCUT2D eigenvalue weighted by atomic mass is 16.2. The Morgan fingerprint density at radius 1 is 1.05 bits per heavy atom. The Bertz CT molecular complexity index is 1660. The number of fused-ring (bicyclic) bond motifs is 2. The minimum absolute atomic E-state index is 0.0189. The lowest BCUT2D eigenvalue weighted by Crippen LogP contribution is -2.62. The number of nitrogens with zero attached hydrogens (tertiary/aromatic N) is 6. The standard InChI is InChI=1S/C32H31N7O3/c1-3-17-37-29-25(19-34-37)15-10-16-26(29)20-36-21-27-38(35(2)32(42)33-18-23-11-6-4-7-12-23)22-28(40)39(27)30(31(36)41)24-13-8-5-9-14-24/h1,4-16,19,27,30H,17-18,20-22H2,2H3,(H,33,42)/t27-,30+/m1/s1. The van der Waals surface area contributed by atoms with Crippen molar-refractivity contribution in [1.29, 1.82) is 0 Å². The summed E-state index contributed by atoms with van der Waals surface area (Å²) in [6.07, 6.45) is 6.82. The van der Waals surface area contributed by atoms with E-state index < -0.39 is 12.2 Å². The van der Waals surface area contributed by atoms with E-state index in [0.717, 1.165) is 27.6 Å². The predicted molar refractivity (Wildman–Crippen MR) is 157 cm³/mol. The molecule has 3 aromatic carbocycles. The van der Waals surface area contributed by atoms with Gasteiger partial charge in [-0.15, -0.1) is 6.42 Å². The monoisotopic (exact) mass is 561 g/mol. The van der Waals surface area contributed by atoms with Crippen LogP contribution in [0, 0.1) is 12.3 Å². The summed E-state index contributed by atoms with van der Waals surface area (Å²) < 4.78 is 1.76. The van der Waals surface area contributed by atoms with Gasteiger partial charge in [0, 0.05) is 25.5 Å². The summed E-state index contributed by atoms with van der Waals surface area (Å²) in [6.45, 7) is 1.17. The topological polar surface area (TPSA) is 94.0 Å². The fourth-order valence-electron chi connectivity index (χ4n) is 5.86. The molecule has 0 spiro atoms. The third kappa shape index (κ3) is 4.95. The zero-order valence-corrected chi connectivity index (χ0v) is 23.3. The Kier molecular flexibility index (Phi) is 7.33. The second-order valence-electron chi connectivity index (χ2n) is 10.4. The van der Waals surface area contributed by atoms with Crippen LogP contribution in [-0.4, -0.2) is 73.7 Å². The van der Waals surface area contributed by atoms with E-state index in [1.54, 1.807) is 32.7 Å². The highest BCUT2D eigenvalue weighted by Gasteiger charge is 2.52. The first-order chi connectivity index (χ1) is 20.5. The Labute approximate surface area is 244 Å². The van der Waals surface area contributed by atoms with Crippen LogP contribution < -0.4 is 5.32 Å². The van der Waals surface area contributed by atoms with Crippen molar-refractivity contribution in [3.05, 3.63) is 102 Å². The maximum atomic E-state index is 14.1. The lowest BCUT2D eigenvalue weighted by atomic mass is 10.00. The molecule has 2 fully saturated rings. The first-order valence-electron chi connectivity index (χ1n) is 13.8. The molecular weight excluding hydrogens is 530 g/mol. The van der Waals surface area contributed by atoms with E-state index in [2.05, 4.69) is 16.3 Å². The van der Waals surface area contributed by atoms with Crippen molar-refractivity contribution >= 4 is 28.7 Å². The number of hydrogen-bond acceptors (Lipinski definition) is 5. The lowest BCUT2D eigenvalue weighted by Gasteiger charge is -2.45. The van der Waals surface area contributed by atoms with Gasteiger partial charge in [0.2, 0.25) is 5.91 Å². The minimum atomic E-state index is -0.821. The second-order valence-corrected chi connectivity index (χ2v) is 10.4. The summed E-state index contributed by atoms with van der Waals surface area (Å²) in [5.74, 6) is 2.25. The normalized spacial score (nSPS) is 18.7. The smallest absolute Gasteiger partial charge is 0.332 e. The molecule has 1 N–H and O–H groups in total. The molecule has 42 heavy (non-hydrogen) atoms. The molecule has 0 bridgehead atoms. The fraction of sp³-hybridized carbons (Fsp3) is 0.250. The van der Waals surface area contributed by atoms with Crippen LogP contribution in [0.1, 0.15) is 22.7 Å². The third-order valence-corrected chi connectivity index (χ3v) is 7.89. The lowest BCUT2D eigenvalue weighted by molar-refractivity contribution is -0.157. The number of benzene rings is 3. The summed E-state index contributed by atoms with van der Waals surface area (Å²) in [5, 5.41) is 11.5. The molecule has 2 aliphatic rings. The summed E-state index contributed by atoms with van der Waals surface area (Å²) >= 11 is 0. The van der Waals surface area contributed by atoms with E-state index in [1.807, 2.05) is 78.9 Å². The van der Waals surface area contributed by atoms with Gasteiger partial charge in [0.15, 0.2) is 0 Å². The molecule has 2 atom stereocenters. The summed E-state index contributed by atoms with van der Waals surface area (Å²) in [7, 11) is 1.65. The van der Waals surface area contributed by atoms with Gasteiger partial charge in [-0.05, 0) is 16.7 Å². The van der Waals surface area contributed by atoms with Crippen molar-refractivity contribution in [2.24, 2.45) is 0 Å². The quantitative estimate of drug-likeness (QED) is 0.350. The van der Waals surface area contributed by atoms with Crippen LogP contribution in [0.2, 0.25) is 0 Å². The molecule has 10 nitrogen and oxygen atoms in total. The molecule has 6 rings (SSSR count). The molecule has 212 valence electrons. The number of hydrogen-bond donors (Lipinski definition) is 1. The number of nitrogens with one attached hydrogen (secondary N) is 1. The van der Waals surface area contributed by atoms with E-state index in [9.17, 15) is 14.4 Å². The Morgan fingerprint density at radius 2 is 1.79 bits per heavy atom. The third-order valence-electron chi connectivity index (χ3n) is 7.89. The number of terminal acetylenes is 1. The zero-order valence-electron chi connectivity index (χ0n) is 23.3. The summed E-state index contributed by atoms with van der Waals surface area (Å²) in [5.41, 5.74) is 3.46. The number of carbonyl (C=O) groups excluding carboxylic acids is 3. The molecule has 0 radical (unpaired) electrons. The van der Waals surface area contributed by atoms with Gasteiger partial charge in [-0.2, -0.15) is 10.1 Å². The van der Waals surface area contributed by atoms with Gasteiger partial charge in [-0.3, -0.25) is 19.3 Å². The largest absolute Gasteiger partial charge is 0.333 e. The number of aromatic nitrogens is 2. The van der Waals surface area contributed by atoms with Crippen LogP contribution in [-0.2, 0) is 29.2 Å². The average Bonchev–Trinajstić information content (AvgIpc) is 3.58. The maximum Gasteiger partial charge on any atom is 0.332 e. The van der Waals surface area contributed by atoms with Crippen molar-refractivity contribution < 1.29 is 14.4 Å². The van der Waals surface area contributed by atoms with Crippen LogP contribution in [0.4, 0.5) is 4.79 Å². The van der Waals surface area contributed by atoms with Gasteiger partial charge >= 0.3 is 6.03 Å². The fourth-order valence-corrected chi connectivity index (χ4v) is 5.86. The molecule has 1 aromatic heterocycles. The Balaban J connectivity index is 1.31. The molecule has 4 amide bonds. The molecular formula is C32H31N7O3. The van der Waals surface area contributed by atoms with Crippen LogP contribution in [0.5, 0.6) is 0 Å². The number of hydrazine groups is 1. The molecule has 3 heterocycles. The average molecular weight is 562 g/mol. The molecule has 2 aliphatic heterocycles. The van der Waals surface area contributed by atoms with E-state index in [0.29, 0.717) is 19.6 Å². The summed E-state index contributed by atoms with van der Waals surface area (Å²) in [4.78, 5) is 44.3. The number of urea groups is 1. The molecule has 2 saturated heterocycles. The van der Waals surface area contributed by atoms with E-state index >= 15 is 0 Å². The van der Waals surface area contributed by atoms with Gasteiger partial charge < -0.3 is 15.1 Å². The van der Waals surface area contributed by atoms with Gasteiger partial charge in [0.05, 0.1) is 24.8 Å². The van der Waals surface area contributed by atoms with Crippen molar-refractivity contribution in [2.45, 2.75) is 31.8 Å².